The van der Waals surface area contributed by atoms with Gasteiger partial charge in [0.05, 0.1) is 0 Å². The molecule has 2 nitrogen and oxygen atoms in total. The molecule has 0 aliphatic rings. The van der Waals surface area contributed by atoms with Gasteiger partial charge in [0.15, 0.2) is 0 Å². The highest BCUT2D eigenvalue weighted by molar-refractivity contribution is 5.16. The van der Waals surface area contributed by atoms with Crippen molar-refractivity contribution in [1.29, 1.82) is 0 Å². The highest BCUT2D eigenvalue weighted by atomic mass is 19.1. The monoisotopic (exact) mass is 155 g/mol. The van der Waals surface area contributed by atoms with Gasteiger partial charge in [0.1, 0.15) is 18.5 Å². The van der Waals surface area contributed by atoms with Crippen LogP contribution in [0.5, 0.6) is 5.75 Å². The molecule has 1 rings (SSSR count). The second kappa shape index (κ2) is 3.91. The molecule has 0 radical (unpaired) electrons. The number of nitrogens with zero attached hydrogens (tertiary/aromatic N) is 1. The Bertz CT molecular complexity index is 201. The highest BCUT2D eigenvalue weighted by Crippen LogP contribution is 2.07. The van der Waals surface area contributed by atoms with Crippen molar-refractivity contribution in [3.05, 3.63) is 24.5 Å². The van der Waals surface area contributed by atoms with Crippen molar-refractivity contribution in [3.63, 3.8) is 0 Å². The number of hydrogen-bond donors (Lipinski definition) is 0. The second-order valence-corrected chi connectivity index (χ2v) is 2.27. The Morgan fingerprint density at radius 3 is 2.73 bits per heavy atom. The fourth-order valence-electron chi connectivity index (χ4n) is 0.646. The van der Waals surface area contributed by atoms with Gasteiger partial charge < -0.3 is 4.74 Å². The molecular weight excluding hydrogens is 145 g/mol. The largest absolute Gasteiger partial charge is 0.490 e. The molecule has 0 bridgehead atoms. The van der Waals surface area contributed by atoms with Gasteiger partial charge in [-0.15, -0.1) is 0 Å². The van der Waals surface area contributed by atoms with Crippen molar-refractivity contribution < 1.29 is 9.13 Å². The molecule has 1 aromatic rings. The minimum atomic E-state index is -0.928. The van der Waals surface area contributed by atoms with Crippen LogP contribution in [0.4, 0.5) is 4.39 Å². The third-order valence-electron chi connectivity index (χ3n) is 1.13. The van der Waals surface area contributed by atoms with Gasteiger partial charge in [-0.05, 0) is 19.1 Å². The first-order chi connectivity index (χ1) is 5.29. The molecular formula is C8H10FNO. The van der Waals surface area contributed by atoms with Crippen molar-refractivity contribution >= 4 is 0 Å². The molecule has 0 aliphatic heterocycles. The van der Waals surface area contributed by atoms with E-state index in [0.717, 1.165) is 0 Å². The Kier molecular flexibility index (Phi) is 2.83. The van der Waals surface area contributed by atoms with E-state index in [0.29, 0.717) is 5.75 Å². The smallest absolute Gasteiger partial charge is 0.131 e. The zero-order valence-electron chi connectivity index (χ0n) is 6.33. The Hall–Kier alpha value is -1.12. The number of aromatic nitrogens is 1. The van der Waals surface area contributed by atoms with Gasteiger partial charge in [0.25, 0.3) is 0 Å². The van der Waals surface area contributed by atoms with Gasteiger partial charge in [-0.25, -0.2) is 4.39 Å². The van der Waals surface area contributed by atoms with E-state index in [1.54, 1.807) is 24.5 Å². The second-order valence-electron chi connectivity index (χ2n) is 2.27. The van der Waals surface area contributed by atoms with E-state index in [4.69, 9.17) is 4.74 Å². The Morgan fingerprint density at radius 1 is 1.55 bits per heavy atom. The number of pyridine rings is 1. The molecule has 0 saturated carbocycles. The van der Waals surface area contributed by atoms with Crippen LogP contribution in [0.2, 0.25) is 0 Å². The lowest BCUT2D eigenvalue weighted by atomic mass is 10.4. The van der Waals surface area contributed by atoms with E-state index in [2.05, 4.69) is 4.98 Å². The Labute approximate surface area is 65.0 Å². The number of rotatable bonds is 3. The summed E-state index contributed by atoms with van der Waals surface area (Å²) in [5.74, 6) is 0.657. The number of ether oxygens (including phenoxy) is 1. The molecule has 1 atom stereocenters. The van der Waals surface area contributed by atoms with Gasteiger partial charge in [-0.1, -0.05) is 0 Å². The summed E-state index contributed by atoms with van der Waals surface area (Å²) in [7, 11) is 0. The molecule has 0 fully saturated rings. The van der Waals surface area contributed by atoms with Gasteiger partial charge in [-0.3, -0.25) is 4.98 Å². The normalized spacial score (nSPS) is 12.5. The molecule has 0 aliphatic carbocycles. The van der Waals surface area contributed by atoms with Crippen molar-refractivity contribution in [3.8, 4) is 5.75 Å². The standard InChI is InChI=1S/C8H10FNO/c1-7(9)6-11-8-2-4-10-5-3-8/h2-5,7H,6H2,1H3/t7-/m0/s1. The molecule has 0 amide bonds. The first-order valence-electron chi connectivity index (χ1n) is 3.46. The van der Waals surface area contributed by atoms with Crippen molar-refractivity contribution in [2.45, 2.75) is 13.1 Å². The van der Waals surface area contributed by atoms with Crippen molar-refractivity contribution in [1.82, 2.24) is 4.98 Å². The summed E-state index contributed by atoms with van der Waals surface area (Å²) in [5.41, 5.74) is 0. The van der Waals surface area contributed by atoms with Crippen LogP contribution >= 0.6 is 0 Å². The van der Waals surface area contributed by atoms with E-state index in [1.165, 1.54) is 6.92 Å². The molecule has 0 N–H and O–H groups in total. The van der Waals surface area contributed by atoms with Gasteiger partial charge in [0.2, 0.25) is 0 Å². The lowest BCUT2D eigenvalue weighted by Gasteiger charge is -2.04. The van der Waals surface area contributed by atoms with E-state index in [1.807, 2.05) is 0 Å². The maximum Gasteiger partial charge on any atom is 0.131 e. The molecule has 11 heavy (non-hydrogen) atoms. The number of hydrogen-bond acceptors (Lipinski definition) is 2. The molecule has 1 aromatic heterocycles. The molecule has 0 saturated heterocycles. The summed E-state index contributed by atoms with van der Waals surface area (Å²) in [4.78, 5) is 3.80. The number of halogens is 1. The lowest BCUT2D eigenvalue weighted by Crippen LogP contribution is -2.07. The van der Waals surface area contributed by atoms with Crippen LogP contribution in [0.1, 0.15) is 6.92 Å². The maximum atomic E-state index is 12.2. The van der Waals surface area contributed by atoms with Crippen LogP contribution in [0.3, 0.4) is 0 Å². The van der Waals surface area contributed by atoms with Gasteiger partial charge >= 0.3 is 0 Å². The summed E-state index contributed by atoms with van der Waals surface area (Å²) >= 11 is 0. The van der Waals surface area contributed by atoms with E-state index in [-0.39, 0.29) is 6.61 Å². The van der Waals surface area contributed by atoms with Crippen LogP contribution < -0.4 is 4.74 Å². The van der Waals surface area contributed by atoms with Crippen LogP contribution in [-0.4, -0.2) is 17.8 Å². The van der Waals surface area contributed by atoms with Crippen LogP contribution in [0.25, 0.3) is 0 Å². The van der Waals surface area contributed by atoms with Crippen LogP contribution in [0, 0.1) is 0 Å². The van der Waals surface area contributed by atoms with E-state index < -0.39 is 6.17 Å². The average Bonchev–Trinajstić information content (AvgIpc) is 2.03. The molecule has 0 spiro atoms. The van der Waals surface area contributed by atoms with E-state index in [9.17, 15) is 4.39 Å². The summed E-state index contributed by atoms with van der Waals surface area (Å²) in [6.07, 6.45) is 2.29. The summed E-state index contributed by atoms with van der Waals surface area (Å²) in [5, 5.41) is 0. The van der Waals surface area contributed by atoms with E-state index >= 15 is 0 Å². The minimum absolute atomic E-state index is 0.101. The predicted molar refractivity (Wildman–Crippen MR) is 40.3 cm³/mol. The van der Waals surface area contributed by atoms with Crippen LogP contribution in [0.15, 0.2) is 24.5 Å². The topological polar surface area (TPSA) is 22.1 Å². The summed E-state index contributed by atoms with van der Waals surface area (Å²) < 4.78 is 17.3. The third kappa shape index (κ3) is 2.98. The van der Waals surface area contributed by atoms with Gasteiger partial charge in [0, 0.05) is 12.4 Å². The maximum absolute atomic E-state index is 12.2. The SMILES string of the molecule is C[C@H](F)COc1ccncc1. The molecule has 0 unspecified atom stereocenters. The number of alkyl halides is 1. The minimum Gasteiger partial charge on any atom is -0.490 e. The predicted octanol–water partition coefficient (Wildman–Crippen LogP) is 1.82. The fourth-order valence-corrected chi connectivity index (χ4v) is 0.646. The Morgan fingerprint density at radius 2 is 2.18 bits per heavy atom. The zero-order valence-corrected chi connectivity index (χ0v) is 6.33. The summed E-state index contributed by atoms with van der Waals surface area (Å²) in [6, 6.07) is 3.39. The van der Waals surface area contributed by atoms with Crippen molar-refractivity contribution in [2.24, 2.45) is 0 Å². The Balaban J connectivity index is 2.39. The van der Waals surface area contributed by atoms with Crippen LogP contribution in [-0.2, 0) is 0 Å². The average molecular weight is 155 g/mol. The van der Waals surface area contributed by atoms with Gasteiger partial charge in [-0.2, -0.15) is 0 Å². The quantitative estimate of drug-likeness (QED) is 0.664. The lowest BCUT2D eigenvalue weighted by molar-refractivity contribution is 0.209. The molecule has 3 heteroatoms. The molecule has 0 aromatic carbocycles. The third-order valence-corrected chi connectivity index (χ3v) is 1.13. The highest BCUT2D eigenvalue weighted by Gasteiger charge is 1.97. The first-order valence-corrected chi connectivity index (χ1v) is 3.46. The van der Waals surface area contributed by atoms with Crippen molar-refractivity contribution in [2.75, 3.05) is 6.61 Å². The fraction of sp³-hybridized carbons (Fsp3) is 0.375. The zero-order chi connectivity index (χ0) is 8.10. The first kappa shape index (κ1) is 7.98. The molecule has 1 heterocycles. The molecule has 60 valence electrons. The summed E-state index contributed by atoms with van der Waals surface area (Å²) in [6.45, 7) is 1.56.